The van der Waals surface area contributed by atoms with Gasteiger partial charge in [0.25, 0.3) is 0 Å². The first-order valence-electron chi connectivity index (χ1n) is 10.6. The fraction of sp³-hybridized carbons (Fsp3) is 0.417. The Balaban J connectivity index is 1.25. The van der Waals surface area contributed by atoms with E-state index in [0.717, 1.165) is 62.7 Å². The average Bonchev–Trinajstić information content (AvgIpc) is 3.21. The van der Waals surface area contributed by atoms with E-state index >= 15 is 0 Å². The van der Waals surface area contributed by atoms with Gasteiger partial charge in [0.2, 0.25) is 11.8 Å². The molecule has 2 saturated heterocycles. The second-order valence-corrected chi connectivity index (χ2v) is 8.00. The molecule has 0 bridgehead atoms. The summed E-state index contributed by atoms with van der Waals surface area (Å²) in [7, 11) is 1.67. The molecule has 2 fully saturated rings. The van der Waals surface area contributed by atoms with E-state index in [0.29, 0.717) is 12.8 Å². The number of piperazine rings is 1. The molecule has 0 unspecified atom stereocenters. The molecule has 2 aliphatic heterocycles. The Morgan fingerprint density at radius 3 is 2.17 bits per heavy atom. The van der Waals surface area contributed by atoms with Gasteiger partial charge in [-0.1, -0.05) is 24.3 Å². The smallest absolute Gasteiger partial charge is 0.227 e. The fourth-order valence-electron chi connectivity index (χ4n) is 4.15. The molecule has 0 atom stereocenters. The summed E-state index contributed by atoms with van der Waals surface area (Å²) >= 11 is 0. The van der Waals surface area contributed by atoms with Crippen LogP contribution < -0.4 is 9.64 Å². The molecule has 0 spiro atoms. The van der Waals surface area contributed by atoms with E-state index in [-0.39, 0.29) is 11.8 Å². The molecule has 0 N–H and O–H groups in total. The van der Waals surface area contributed by atoms with Crippen LogP contribution >= 0.6 is 0 Å². The lowest BCUT2D eigenvalue weighted by atomic mass is 10.1. The van der Waals surface area contributed by atoms with Gasteiger partial charge in [0.15, 0.2) is 0 Å². The van der Waals surface area contributed by atoms with Crippen LogP contribution in [-0.2, 0) is 22.6 Å². The SMILES string of the molecule is COc1ccc(CN2CCN(C(=O)Cc3ccc(N4CCCC4=O)cc3)CC2)cc1. The van der Waals surface area contributed by atoms with Crippen LogP contribution in [0.4, 0.5) is 5.69 Å². The molecular formula is C24H29N3O3. The minimum atomic E-state index is 0.170. The predicted molar refractivity (Wildman–Crippen MR) is 117 cm³/mol. The topological polar surface area (TPSA) is 53.1 Å². The van der Waals surface area contributed by atoms with Crippen molar-refractivity contribution in [2.24, 2.45) is 0 Å². The van der Waals surface area contributed by atoms with E-state index in [9.17, 15) is 9.59 Å². The zero-order valence-electron chi connectivity index (χ0n) is 17.5. The van der Waals surface area contributed by atoms with Crippen LogP contribution in [0.15, 0.2) is 48.5 Å². The van der Waals surface area contributed by atoms with Crippen molar-refractivity contribution in [3.8, 4) is 5.75 Å². The summed E-state index contributed by atoms with van der Waals surface area (Å²) in [5.74, 6) is 1.23. The minimum absolute atomic E-state index is 0.170. The highest BCUT2D eigenvalue weighted by atomic mass is 16.5. The molecule has 0 aromatic heterocycles. The van der Waals surface area contributed by atoms with E-state index in [2.05, 4.69) is 17.0 Å². The largest absolute Gasteiger partial charge is 0.497 e. The normalized spacial score (nSPS) is 17.4. The van der Waals surface area contributed by atoms with E-state index in [1.165, 1.54) is 5.56 Å². The molecule has 2 heterocycles. The van der Waals surface area contributed by atoms with E-state index in [1.807, 2.05) is 46.2 Å². The van der Waals surface area contributed by atoms with E-state index in [1.54, 1.807) is 7.11 Å². The van der Waals surface area contributed by atoms with Gasteiger partial charge in [-0.2, -0.15) is 0 Å². The number of hydrogen-bond acceptors (Lipinski definition) is 4. The highest BCUT2D eigenvalue weighted by Crippen LogP contribution is 2.22. The Hall–Kier alpha value is -2.86. The van der Waals surface area contributed by atoms with Gasteiger partial charge < -0.3 is 14.5 Å². The van der Waals surface area contributed by atoms with Crippen molar-refractivity contribution >= 4 is 17.5 Å². The van der Waals surface area contributed by atoms with Crippen molar-refractivity contribution in [3.05, 3.63) is 59.7 Å². The summed E-state index contributed by atoms with van der Waals surface area (Å²) in [5.41, 5.74) is 3.18. The van der Waals surface area contributed by atoms with Gasteiger partial charge in [0, 0.05) is 51.4 Å². The Labute approximate surface area is 178 Å². The number of carbonyl (C=O) groups is 2. The fourth-order valence-corrected chi connectivity index (χ4v) is 4.15. The third-order valence-electron chi connectivity index (χ3n) is 5.97. The number of ether oxygens (including phenoxy) is 1. The minimum Gasteiger partial charge on any atom is -0.497 e. The van der Waals surface area contributed by atoms with Crippen molar-refractivity contribution in [2.75, 3.05) is 44.7 Å². The van der Waals surface area contributed by atoms with E-state index < -0.39 is 0 Å². The molecular weight excluding hydrogens is 378 g/mol. The first-order valence-corrected chi connectivity index (χ1v) is 10.6. The van der Waals surface area contributed by atoms with Crippen molar-refractivity contribution in [1.82, 2.24) is 9.80 Å². The lowest BCUT2D eigenvalue weighted by Crippen LogP contribution is -2.48. The summed E-state index contributed by atoms with van der Waals surface area (Å²) < 4.78 is 5.21. The van der Waals surface area contributed by atoms with Gasteiger partial charge >= 0.3 is 0 Å². The Kier molecular flexibility index (Phi) is 6.33. The molecule has 6 nitrogen and oxygen atoms in total. The summed E-state index contributed by atoms with van der Waals surface area (Å²) in [6.07, 6.45) is 1.96. The van der Waals surface area contributed by atoms with Crippen molar-refractivity contribution in [3.63, 3.8) is 0 Å². The summed E-state index contributed by atoms with van der Waals surface area (Å²) in [6, 6.07) is 16.0. The number of nitrogens with zero attached hydrogens (tertiary/aromatic N) is 3. The summed E-state index contributed by atoms with van der Waals surface area (Å²) in [5, 5.41) is 0. The standard InChI is InChI=1S/C24H29N3O3/c1-30-22-10-6-20(7-11-22)18-25-13-15-26(16-14-25)24(29)17-19-4-8-21(9-5-19)27-12-2-3-23(27)28/h4-11H,2-3,12-18H2,1H3. The first kappa shape index (κ1) is 20.4. The lowest BCUT2D eigenvalue weighted by molar-refractivity contribution is -0.132. The van der Waals surface area contributed by atoms with Gasteiger partial charge in [-0.05, 0) is 41.8 Å². The molecule has 158 valence electrons. The molecule has 0 radical (unpaired) electrons. The maximum absolute atomic E-state index is 12.7. The molecule has 2 amide bonds. The molecule has 30 heavy (non-hydrogen) atoms. The van der Waals surface area contributed by atoms with Gasteiger partial charge in [-0.15, -0.1) is 0 Å². The number of amides is 2. The molecule has 0 aliphatic carbocycles. The number of anilines is 1. The third-order valence-corrected chi connectivity index (χ3v) is 5.97. The second-order valence-electron chi connectivity index (χ2n) is 8.00. The first-order chi connectivity index (χ1) is 14.6. The van der Waals surface area contributed by atoms with Crippen molar-refractivity contribution in [1.29, 1.82) is 0 Å². The van der Waals surface area contributed by atoms with Crippen LogP contribution in [0.25, 0.3) is 0 Å². The Morgan fingerprint density at radius 1 is 0.900 bits per heavy atom. The highest BCUT2D eigenvalue weighted by Gasteiger charge is 2.23. The van der Waals surface area contributed by atoms with Crippen LogP contribution in [0.2, 0.25) is 0 Å². The molecule has 2 aromatic rings. The van der Waals surface area contributed by atoms with E-state index in [4.69, 9.17) is 4.74 Å². The summed E-state index contributed by atoms with van der Waals surface area (Å²) in [6.45, 7) is 4.97. The second kappa shape index (κ2) is 9.30. The lowest BCUT2D eigenvalue weighted by Gasteiger charge is -2.35. The van der Waals surface area contributed by atoms with Crippen LogP contribution in [0.3, 0.4) is 0 Å². The average molecular weight is 408 g/mol. The number of carbonyl (C=O) groups excluding carboxylic acids is 2. The molecule has 2 aromatic carbocycles. The quantitative estimate of drug-likeness (QED) is 0.739. The van der Waals surface area contributed by atoms with Gasteiger partial charge in [0.1, 0.15) is 5.75 Å². The number of methoxy groups -OCH3 is 1. The monoisotopic (exact) mass is 407 g/mol. The van der Waals surface area contributed by atoms with Crippen LogP contribution in [-0.4, -0.2) is 61.4 Å². The zero-order valence-corrected chi connectivity index (χ0v) is 17.5. The number of benzene rings is 2. The maximum atomic E-state index is 12.7. The predicted octanol–water partition coefficient (Wildman–Crippen LogP) is 2.71. The Bertz CT molecular complexity index is 872. The van der Waals surface area contributed by atoms with Crippen molar-refractivity contribution < 1.29 is 14.3 Å². The zero-order chi connectivity index (χ0) is 20.9. The highest BCUT2D eigenvalue weighted by molar-refractivity contribution is 5.95. The van der Waals surface area contributed by atoms with Crippen molar-refractivity contribution in [2.45, 2.75) is 25.8 Å². The number of rotatable bonds is 6. The van der Waals surface area contributed by atoms with Crippen LogP contribution in [0.1, 0.15) is 24.0 Å². The molecule has 6 heteroatoms. The molecule has 2 aliphatic rings. The van der Waals surface area contributed by atoms with Crippen LogP contribution in [0.5, 0.6) is 5.75 Å². The summed E-state index contributed by atoms with van der Waals surface area (Å²) in [4.78, 5) is 30.8. The van der Waals surface area contributed by atoms with Gasteiger partial charge in [-0.25, -0.2) is 0 Å². The van der Waals surface area contributed by atoms with Gasteiger partial charge in [-0.3, -0.25) is 14.5 Å². The van der Waals surface area contributed by atoms with Gasteiger partial charge in [0.05, 0.1) is 13.5 Å². The number of hydrogen-bond donors (Lipinski definition) is 0. The van der Waals surface area contributed by atoms with Crippen LogP contribution in [0, 0.1) is 0 Å². The molecule has 4 rings (SSSR count). The Morgan fingerprint density at radius 2 is 1.57 bits per heavy atom. The molecule has 0 saturated carbocycles. The maximum Gasteiger partial charge on any atom is 0.227 e. The third kappa shape index (κ3) is 4.82.